The molecule has 3 aromatic rings. The second-order valence-corrected chi connectivity index (χ2v) is 5.47. The van der Waals surface area contributed by atoms with Crippen molar-refractivity contribution >= 4 is 21.6 Å². The first-order chi connectivity index (χ1) is 8.77. The second-order valence-electron chi connectivity index (χ2n) is 4.61. The summed E-state index contributed by atoms with van der Waals surface area (Å²) in [5, 5.41) is 3.39. The third-order valence-electron chi connectivity index (χ3n) is 3.03. The predicted octanol–water partition coefficient (Wildman–Crippen LogP) is 4.48. The lowest BCUT2D eigenvalue weighted by molar-refractivity contribution is 0.829. The van der Waals surface area contributed by atoms with E-state index in [9.17, 15) is 0 Å². The zero-order valence-corrected chi connectivity index (χ0v) is 11.2. The Morgan fingerprint density at radius 2 is 1.83 bits per heavy atom. The first kappa shape index (κ1) is 11.4. The van der Waals surface area contributed by atoms with E-state index < -0.39 is 0 Å². The Hall–Kier alpha value is -1.74. The van der Waals surface area contributed by atoms with Crippen molar-refractivity contribution in [2.45, 2.75) is 19.8 Å². The largest absolute Gasteiger partial charge is 0.240 e. The van der Waals surface area contributed by atoms with Gasteiger partial charge in [0.15, 0.2) is 0 Å². The van der Waals surface area contributed by atoms with E-state index >= 15 is 0 Å². The third-order valence-corrected chi connectivity index (χ3v) is 3.92. The van der Waals surface area contributed by atoms with Crippen molar-refractivity contribution in [3.8, 4) is 11.1 Å². The molecule has 0 atom stereocenters. The van der Waals surface area contributed by atoms with Gasteiger partial charge in [-0.25, -0.2) is 9.97 Å². The number of benzene rings is 1. The van der Waals surface area contributed by atoms with Gasteiger partial charge in [-0.1, -0.05) is 44.2 Å². The minimum absolute atomic E-state index is 0.410. The molecule has 2 aromatic heterocycles. The van der Waals surface area contributed by atoms with Gasteiger partial charge in [-0.15, -0.1) is 11.3 Å². The standard InChI is InChI=1S/C15H14N2S/c1-10(2)14-13-12(11-6-4-3-5-7-11)8-18-15(13)17-9-16-14/h3-10H,1-2H3. The van der Waals surface area contributed by atoms with Gasteiger partial charge in [-0.3, -0.25) is 0 Å². The molecule has 2 heterocycles. The Kier molecular flexibility index (Phi) is 2.84. The van der Waals surface area contributed by atoms with Crippen LogP contribution < -0.4 is 0 Å². The van der Waals surface area contributed by atoms with Crippen LogP contribution in [-0.2, 0) is 0 Å². The Bertz CT molecular complexity index is 671. The molecule has 1 aromatic carbocycles. The van der Waals surface area contributed by atoms with Gasteiger partial charge >= 0.3 is 0 Å². The summed E-state index contributed by atoms with van der Waals surface area (Å²) >= 11 is 1.69. The molecule has 0 saturated heterocycles. The first-order valence-corrected chi connectivity index (χ1v) is 6.93. The minimum atomic E-state index is 0.410. The molecule has 0 unspecified atom stereocenters. The van der Waals surface area contributed by atoms with Crippen LogP contribution in [0.25, 0.3) is 21.3 Å². The highest BCUT2D eigenvalue weighted by molar-refractivity contribution is 7.17. The maximum absolute atomic E-state index is 4.46. The zero-order valence-electron chi connectivity index (χ0n) is 10.4. The zero-order chi connectivity index (χ0) is 12.5. The maximum atomic E-state index is 4.46. The van der Waals surface area contributed by atoms with Gasteiger partial charge in [0, 0.05) is 16.3 Å². The van der Waals surface area contributed by atoms with Crippen LogP contribution in [0.4, 0.5) is 0 Å². The quantitative estimate of drug-likeness (QED) is 0.673. The molecule has 0 amide bonds. The smallest absolute Gasteiger partial charge is 0.127 e. The highest BCUT2D eigenvalue weighted by Crippen LogP contribution is 2.36. The van der Waals surface area contributed by atoms with E-state index in [4.69, 9.17) is 0 Å². The summed E-state index contributed by atoms with van der Waals surface area (Å²) < 4.78 is 0. The fraction of sp³-hybridized carbons (Fsp3) is 0.200. The molecule has 0 aliphatic rings. The van der Waals surface area contributed by atoms with Crippen molar-refractivity contribution in [2.24, 2.45) is 0 Å². The molecule has 0 saturated carbocycles. The Labute approximate surface area is 110 Å². The average molecular weight is 254 g/mol. The molecule has 3 rings (SSSR count). The molecule has 3 heteroatoms. The summed E-state index contributed by atoms with van der Waals surface area (Å²) in [5.74, 6) is 0.410. The summed E-state index contributed by atoms with van der Waals surface area (Å²) in [6.45, 7) is 4.35. The van der Waals surface area contributed by atoms with Crippen LogP contribution in [0, 0.1) is 0 Å². The van der Waals surface area contributed by atoms with Gasteiger partial charge in [-0.2, -0.15) is 0 Å². The lowest BCUT2D eigenvalue weighted by Gasteiger charge is -2.07. The van der Waals surface area contributed by atoms with E-state index in [1.807, 2.05) is 6.07 Å². The molecule has 0 spiro atoms. The van der Waals surface area contributed by atoms with Crippen molar-refractivity contribution in [3.63, 3.8) is 0 Å². The van der Waals surface area contributed by atoms with E-state index in [1.165, 1.54) is 16.5 Å². The Balaban J connectivity index is 2.31. The lowest BCUT2D eigenvalue weighted by atomic mass is 10.0. The number of hydrogen-bond acceptors (Lipinski definition) is 3. The van der Waals surface area contributed by atoms with Crippen LogP contribution in [0.1, 0.15) is 25.5 Å². The summed E-state index contributed by atoms with van der Waals surface area (Å²) in [7, 11) is 0. The number of thiophene rings is 1. The molecule has 0 fully saturated rings. The molecule has 2 nitrogen and oxygen atoms in total. The van der Waals surface area contributed by atoms with Crippen molar-refractivity contribution in [1.82, 2.24) is 9.97 Å². The summed E-state index contributed by atoms with van der Waals surface area (Å²) in [6.07, 6.45) is 1.67. The molecule has 0 aliphatic heterocycles. The first-order valence-electron chi connectivity index (χ1n) is 6.05. The van der Waals surface area contributed by atoms with E-state index in [2.05, 4.69) is 53.5 Å². The van der Waals surface area contributed by atoms with Crippen LogP contribution in [0.2, 0.25) is 0 Å². The molecule has 0 aliphatic carbocycles. The third kappa shape index (κ3) is 1.81. The normalized spacial score (nSPS) is 11.3. The topological polar surface area (TPSA) is 25.8 Å². The van der Waals surface area contributed by atoms with Gasteiger partial charge in [-0.05, 0) is 11.5 Å². The molecular weight excluding hydrogens is 240 g/mol. The van der Waals surface area contributed by atoms with Gasteiger partial charge in [0.2, 0.25) is 0 Å². The van der Waals surface area contributed by atoms with Crippen molar-refractivity contribution in [2.75, 3.05) is 0 Å². The highest BCUT2D eigenvalue weighted by Gasteiger charge is 2.14. The average Bonchev–Trinajstić information content (AvgIpc) is 2.83. The van der Waals surface area contributed by atoms with Crippen LogP contribution in [-0.4, -0.2) is 9.97 Å². The number of rotatable bonds is 2. The van der Waals surface area contributed by atoms with Gasteiger partial charge < -0.3 is 0 Å². The van der Waals surface area contributed by atoms with Gasteiger partial charge in [0.25, 0.3) is 0 Å². The number of hydrogen-bond donors (Lipinski definition) is 0. The Morgan fingerprint density at radius 1 is 1.06 bits per heavy atom. The molecular formula is C15H14N2S. The van der Waals surface area contributed by atoms with E-state index in [0.29, 0.717) is 5.92 Å². The van der Waals surface area contributed by atoms with Gasteiger partial charge in [0.05, 0.1) is 5.69 Å². The van der Waals surface area contributed by atoms with Gasteiger partial charge in [0.1, 0.15) is 11.2 Å². The lowest BCUT2D eigenvalue weighted by Crippen LogP contribution is -1.94. The van der Waals surface area contributed by atoms with Crippen molar-refractivity contribution in [3.05, 3.63) is 47.7 Å². The molecule has 90 valence electrons. The Morgan fingerprint density at radius 3 is 2.56 bits per heavy atom. The highest BCUT2D eigenvalue weighted by atomic mass is 32.1. The molecule has 0 N–H and O–H groups in total. The van der Waals surface area contributed by atoms with Crippen LogP contribution >= 0.6 is 11.3 Å². The summed E-state index contributed by atoms with van der Waals surface area (Å²) in [5.41, 5.74) is 3.63. The fourth-order valence-corrected chi connectivity index (χ4v) is 3.09. The van der Waals surface area contributed by atoms with E-state index in [-0.39, 0.29) is 0 Å². The molecule has 0 radical (unpaired) electrons. The number of nitrogens with zero attached hydrogens (tertiary/aromatic N) is 2. The number of fused-ring (bicyclic) bond motifs is 1. The summed E-state index contributed by atoms with van der Waals surface area (Å²) in [6, 6.07) is 10.4. The minimum Gasteiger partial charge on any atom is -0.240 e. The summed E-state index contributed by atoms with van der Waals surface area (Å²) in [4.78, 5) is 9.91. The second kappa shape index (κ2) is 4.50. The van der Waals surface area contributed by atoms with Crippen LogP contribution in [0.15, 0.2) is 42.0 Å². The monoisotopic (exact) mass is 254 g/mol. The van der Waals surface area contributed by atoms with E-state index in [0.717, 1.165) is 10.5 Å². The van der Waals surface area contributed by atoms with E-state index in [1.54, 1.807) is 17.7 Å². The molecule has 0 bridgehead atoms. The maximum Gasteiger partial charge on any atom is 0.127 e. The van der Waals surface area contributed by atoms with Crippen LogP contribution in [0.3, 0.4) is 0 Å². The number of aromatic nitrogens is 2. The van der Waals surface area contributed by atoms with Crippen molar-refractivity contribution in [1.29, 1.82) is 0 Å². The predicted molar refractivity (Wildman–Crippen MR) is 76.9 cm³/mol. The van der Waals surface area contributed by atoms with Crippen LogP contribution in [0.5, 0.6) is 0 Å². The van der Waals surface area contributed by atoms with Crippen molar-refractivity contribution < 1.29 is 0 Å². The molecule has 18 heavy (non-hydrogen) atoms. The SMILES string of the molecule is CC(C)c1ncnc2scc(-c3ccccc3)c12. The fourth-order valence-electron chi connectivity index (χ4n) is 2.17.